The first-order valence-corrected chi connectivity index (χ1v) is 6.39. The molecule has 0 aromatic carbocycles. The van der Waals surface area contributed by atoms with Crippen molar-refractivity contribution in [3.05, 3.63) is 21.5 Å². The van der Waals surface area contributed by atoms with E-state index in [2.05, 4.69) is 12.0 Å². The summed E-state index contributed by atoms with van der Waals surface area (Å²) in [5, 5.41) is 15.1. The summed E-state index contributed by atoms with van der Waals surface area (Å²) in [5.41, 5.74) is 0.184. The Labute approximate surface area is 111 Å². The van der Waals surface area contributed by atoms with Gasteiger partial charge in [-0.1, -0.05) is 6.92 Å². The maximum absolute atomic E-state index is 12.5. The summed E-state index contributed by atoms with van der Waals surface area (Å²) in [6.07, 6.45) is 2.04. The lowest BCUT2D eigenvalue weighted by molar-refractivity contribution is -0.385. The van der Waals surface area contributed by atoms with Gasteiger partial charge in [0.25, 0.3) is 5.91 Å². The Morgan fingerprint density at radius 2 is 2.21 bits per heavy atom. The zero-order valence-electron chi connectivity index (χ0n) is 11.4. The van der Waals surface area contributed by atoms with Gasteiger partial charge in [0.2, 0.25) is 5.69 Å². The molecule has 0 aliphatic carbocycles. The fourth-order valence-corrected chi connectivity index (χ4v) is 2.63. The average Bonchev–Trinajstić information content (AvgIpc) is 2.63. The Morgan fingerprint density at radius 3 is 2.79 bits per heavy atom. The first-order chi connectivity index (χ1) is 8.91. The van der Waals surface area contributed by atoms with Gasteiger partial charge >= 0.3 is 5.69 Å². The molecule has 2 rings (SSSR count). The molecule has 7 heteroatoms. The molecule has 1 aliphatic rings. The largest absolute Gasteiger partial charge is 0.337 e. The molecule has 0 unspecified atom stereocenters. The maximum atomic E-state index is 12.5. The van der Waals surface area contributed by atoms with Gasteiger partial charge in [0, 0.05) is 20.1 Å². The molecule has 2 heterocycles. The second kappa shape index (κ2) is 4.99. The Kier molecular flexibility index (Phi) is 3.55. The summed E-state index contributed by atoms with van der Waals surface area (Å²) in [6.45, 7) is 4.95. The molecule has 0 bridgehead atoms. The third-order valence-electron chi connectivity index (χ3n) is 3.52. The van der Waals surface area contributed by atoms with Gasteiger partial charge in [0.15, 0.2) is 0 Å². The molecule has 0 N–H and O–H groups in total. The van der Waals surface area contributed by atoms with Crippen LogP contribution in [0.25, 0.3) is 0 Å². The quantitative estimate of drug-likeness (QED) is 0.600. The predicted molar refractivity (Wildman–Crippen MR) is 68.9 cm³/mol. The zero-order valence-corrected chi connectivity index (χ0v) is 11.4. The molecule has 19 heavy (non-hydrogen) atoms. The predicted octanol–water partition coefficient (Wildman–Crippen LogP) is 1.51. The van der Waals surface area contributed by atoms with E-state index in [4.69, 9.17) is 0 Å². The fourth-order valence-electron chi connectivity index (χ4n) is 2.63. The number of nitro groups is 1. The standard InChI is InChI=1S/C12H18N4O3/c1-8-5-4-6-15(7-8)12(17)11-10(16(18)19)9(2)13-14(11)3/h8H,4-7H2,1-3H3/t8-/m1/s1. The normalized spacial score (nSPS) is 19.5. The summed E-state index contributed by atoms with van der Waals surface area (Å²) in [4.78, 5) is 24.7. The lowest BCUT2D eigenvalue weighted by atomic mass is 10.00. The van der Waals surface area contributed by atoms with Crippen molar-refractivity contribution in [3.8, 4) is 0 Å². The van der Waals surface area contributed by atoms with Crippen molar-refractivity contribution >= 4 is 11.6 Å². The Bertz CT molecular complexity index is 523. The number of amides is 1. The number of nitrogens with zero attached hydrogens (tertiary/aromatic N) is 4. The van der Waals surface area contributed by atoms with Gasteiger partial charge < -0.3 is 4.90 Å². The molecule has 1 amide bonds. The van der Waals surface area contributed by atoms with Crippen molar-refractivity contribution in [2.45, 2.75) is 26.7 Å². The van der Waals surface area contributed by atoms with Crippen LogP contribution in [0, 0.1) is 23.0 Å². The fraction of sp³-hybridized carbons (Fsp3) is 0.667. The number of hydrogen-bond acceptors (Lipinski definition) is 4. The van der Waals surface area contributed by atoms with Gasteiger partial charge in [-0.15, -0.1) is 0 Å². The topological polar surface area (TPSA) is 81.3 Å². The highest BCUT2D eigenvalue weighted by Gasteiger charge is 2.33. The molecule has 0 saturated carbocycles. The third kappa shape index (κ3) is 2.45. The van der Waals surface area contributed by atoms with Crippen LogP contribution in [0.5, 0.6) is 0 Å². The van der Waals surface area contributed by atoms with Gasteiger partial charge in [0.1, 0.15) is 5.69 Å². The second-order valence-electron chi connectivity index (χ2n) is 5.16. The monoisotopic (exact) mass is 266 g/mol. The third-order valence-corrected chi connectivity index (χ3v) is 3.52. The van der Waals surface area contributed by atoms with E-state index in [1.165, 1.54) is 4.68 Å². The molecule has 0 radical (unpaired) electrons. The maximum Gasteiger partial charge on any atom is 0.322 e. The van der Waals surface area contributed by atoms with E-state index in [9.17, 15) is 14.9 Å². The van der Waals surface area contributed by atoms with Crippen LogP contribution in [0.3, 0.4) is 0 Å². The second-order valence-corrected chi connectivity index (χ2v) is 5.16. The van der Waals surface area contributed by atoms with Crippen molar-refractivity contribution in [3.63, 3.8) is 0 Å². The first-order valence-electron chi connectivity index (χ1n) is 6.39. The summed E-state index contributed by atoms with van der Waals surface area (Å²) < 4.78 is 1.31. The molecule has 1 aliphatic heterocycles. The summed E-state index contributed by atoms with van der Waals surface area (Å²) in [5.74, 6) is 0.146. The Morgan fingerprint density at radius 1 is 1.53 bits per heavy atom. The SMILES string of the molecule is Cc1nn(C)c(C(=O)N2CCC[C@@H](C)C2)c1[N+](=O)[O-]. The highest BCUT2D eigenvalue weighted by molar-refractivity contribution is 5.97. The number of aromatic nitrogens is 2. The number of carbonyl (C=O) groups is 1. The van der Waals surface area contributed by atoms with Crippen LogP contribution in [0.1, 0.15) is 35.9 Å². The van der Waals surface area contributed by atoms with Gasteiger partial charge in [-0.25, -0.2) is 0 Å². The Hall–Kier alpha value is -1.92. The minimum Gasteiger partial charge on any atom is -0.337 e. The van der Waals surface area contributed by atoms with Crippen LogP contribution >= 0.6 is 0 Å². The molecule has 104 valence electrons. The van der Waals surface area contributed by atoms with Crippen LogP contribution in [0.2, 0.25) is 0 Å². The number of likely N-dealkylation sites (tertiary alicyclic amines) is 1. The molecular formula is C12H18N4O3. The molecule has 1 fully saturated rings. The number of aryl methyl sites for hydroxylation is 2. The van der Waals surface area contributed by atoms with Crippen molar-refractivity contribution < 1.29 is 9.72 Å². The number of rotatable bonds is 2. The molecule has 1 aromatic rings. The molecule has 1 aromatic heterocycles. The average molecular weight is 266 g/mol. The van der Waals surface area contributed by atoms with Gasteiger partial charge in [-0.05, 0) is 25.7 Å². The smallest absolute Gasteiger partial charge is 0.322 e. The minimum absolute atomic E-state index is 0.0802. The van der Waals surface area contributed by atoms with Crippen molar-refractivity contribution in [1.82, 2.24) is 14.7 Å². The first kappa shape index (κ1) is 13.5. The minimum atomic E-state index is -0.525. The van der Waals surface area contributed by atoms with E-state index < -0.39 is 4.92 Å². The zero-order chi connectivity index (χ0) is 14.2. The van der Waals surface area contributed by atoms with Gasteiger partial charge in [-0.3, -0.25) is 19.6 Å². The lowest BCUT2D eigenvalue weighted by Gasteiger charge is -2.30. The van der Waals surface area contributed by atoms with Crippen LogP contribution in [-0.2, 0) is 7.05 Å². The number of piperidine rings is 1. The van der Waals surface area contributed by atoms with Crippen molar-refractivity contribution in [2.75, 3.05) is 13.1 Å². The summed E-state index contributed by atoms with van der Waals surface area (Å²) >= 11 is 0. The molecule has 7 nitrogen and oxygen atoms in total. The van der Waals surface area contributed by atoms with Crippen LogP contribution in [0.4, 0.5) is 5.69 Å². The molecule has 0 spiro atoms. The molecular weight excluding hydrogens is 248 g/mol. The van der Waals surface area contributed by atoms with E-state index in [1.807, 2.05) is 0 Å². The van der Waals surface area contributed by atoms with Crippen molar-refractivity contribution in [1.29, 1.82) is 0 Å². The van der Waals surface area contributed by atoms with E-state index in [0.717, 1.165) is 12.8 Å². The summed E-state index contributed by atoms with van der Waals surface area (Å²) in [6, 6.07) is 0. The van der Waals surface area contributed by atoms with E-state index in [-0.39, 0.29) is 23.0 Å². The van der Waals surface area contributed by atoms with Crippen molar-refractivity contribution in [2.24, 2.45) is 13.0 Å². The highest BCUT2D eigenvalue weighted by atomic mass is 16.6. The van der Waals surface area contributed by atoms with Crippen LogP contribution in [0.15, 0.2) is 0 Å². The molecule has 1 saturated heterocycles. The van der Waals surface area contributed by atoms with E-state index >= 15 is 0 Å². The van der Waals surface area contributed by atoms with E-state index in [0.29, 0.717) is 19.0 Å². The van der Waals surface area contributed by atoms with Gasteiger partial charge in [-0.2, -0.15) is 5.10 Å². The van der Waals surface area contributed by atoms with Crippen LogP contribution in [-0.4, -0.2) is 38.6 Å². The Balaban J connectivity index is 2.35. The summed E-state index contributed by atoms with van der Waals surface area (Å²) in [7, 11) is 1.57. The highest BCUT2D eigenvalue weighted by Crippen LogP contribution is 2.25. The lowest BCUT2D eigenvalue weighted by Crippen LogP contribution is -2.40. The molecule has 1 atom stereocenters. The van der Waals surface area contributed by atoms with Gasteiger partial charge in [0.05, 0.1) is 4.92 Å². The number of carbonyl (C=O) groups excluding carboxylic acids is 1. The number of hydrogen-bond donors (Lipinski definition) is 0. The van der Waals surface area contributed by atoms with E-state index in [1.54, 1.807) is 18.9 Å². The van der Waals surface area contributed by atoms with Crippen LogP contribution < -0.4 is 0 Å².